The highest BCUT2D eigenvalue weighted by Crippen LogP contribution is 2.32. The lowest BCUT2D eigenvalue weighted by Gasteiger charge is -2.13. The van der Waals surface area contributed by atoms with Gasteiger partial charge in [-0.3, -0.25) is 4.79 Å². The van der Waals surface area contributed by atoms with E-state index in [1.165, 1.54) is 12.1 Å². The van der Waals surface area contributed by atoms with E-state index in [1.54, 1.807) is 0 Å². The van der Waals surface area contributed by atoms with Crippen molar-refractivity contribution in [3.05, 3.63) is 70.8 Å². The molecule has 0 unspecified atom stereocenters. The van der Waals surface area contributed by atoms with Crippen molar-refractivity contribution in [1.29, 1.82) is 0 Å². The number of ether oxygens (including phenoxy) is 1. The van der Waals surface area contributed by atoms with Crippen LogP contribution in [0, 0.1) is 19.7 Å². The van der Waals surface area contributed by atoms with E-state index in [0.29, 0.717) is 10.4 Å². The SMILES string of the molecule is Cc1cccc(C)c1OCCNC(=O)c1nnn(-c2cccc(F)c2)c1C(F)(F)F. The molecule has 0 aliphatic carbocycles. The second-order valence-corrected chi connectivity index (χ2v) is 6.50. The van der Waals surface area contributed by atoms with Crippen molar-refractivity contribution < 1.29 is 27.1 Å². The number of aryl methyl sites for hydroxylation is 2. The fourth-order valence-corrected chi connectivity index (χ4v) is 2.91. The number of halogens is 4. The Bertz CT molecular complexity index is 1040. The maximum atomic E-state index is 13.6. The fourth-order valence-electron chi connectivity index (χ4n) is 2.91. The second-order valence-electron chi connectivity index (χ2n) is 6.50. The Labute approximate surface area is 169 Å². The van der Waals surface area contributed by atoms with Crippen LogP contribution in [0.25, 0.3) is 5.69 Å². The highest BCUT2D eigenvalue weighted by Gasteiger charge is 2.42. The quantitative estimate of drug-likeness (QED) is 0.484. The molecular weight excluding hydrogens is 404 g/mol. The van der Waals surface area contributed by atoms with Crippen molar-refractivity contribution in [3.8, 4) is 11.4 Å². The number of benzene rings is 2. The van der Waals surface area contributed by atoms with Gasteiger partial charge in [0.15, 0.2) is 11.4 Å². The topological polar surface area (TPSA) is 69.0 Å². The Hall–Kier alpha value is -3.43. The first-order chi connectivity index (χ1) is 14.2. The summed E-state index contributed by atoms with van der Waals surface area (Å²) in [6.07, 6.45) is -4.93. The number of alkyl halides is 3. The number of hydrogen-bond acceptors (Lipinski definition) is 4. The Balaban J connectivity index is 1.74. The van der Waals surface area contributed by atoms with Crippen molar-refractivity contribution in [3.63, 3.8) is 0 Å². The second kappa shape index (κ2) is 8.52. The van der Waals surface area contributed by atoms with E-state index in [-0.39, 0.29) is 18.8 Å². The van der Waals surface area contributed by atoms with E-state index in [9.17, 15) is 22.4 Å². The zero-order valence-corrected chi connectivity index (χ0v) is 16.1. The van der Waals surface area contributed by atoms with Crippen molar-refractivity contribution in [1.82, 2.24) is 20.3 Å². The standard InChI is InChI=1S/C20H18F4N4O2/c1-12-5-3-6-13(2)17(12)30-10-9-25-19(29)16-18(20(22,23)24)28(27-26-16)15-8-4-7-14(21)11-15/h3-8,11H,9-10H2,1-2H3,(H,25,29). The van der Waals surface area contributed by atoms with Gasteiger partial charge in [0.1, 0.15) is 18.2 Å². The number of nitrogens with one attached hydrogen (secondary N) is 1. The van der Waals surface area contributed by atoms with Crippen molar-refractivity contribution >= 4 is 5.91 Å². The molecule has 0 saturated heterocycles. The Morgan fingerprint density at radius 2 is 1.80 bits per heavy atom. The molecule has 0 aliphatic rings. The molecule has 1 N–H and O–H groups in total. The zero-order chi connectivity index (χ0) is 21.9. The van der Waals surface area contributed by atoms with Gasteiger partial charge in [0.2, 0.25) is 0 Å². The molecule has 3 aromatic rings. The third-order valence-electron chi connectivity index (χ3n) is 4.25. The largest absolute Gasteiger partial charge is 0.491 e. The van der Waals surface area contributed by atoms with Crippen LogP contribution >= 0.6 is 0 Å². The number of carbonyl (C=O) groups is 1. The van der Waals surface area contributed by atoms with Gasteiger partial charge in [0.05, 0.1) is 12.2 Å². The number of carbonyl (C=O) groups excluding carboxylic acids is 1. The van der Waals surface area contributed by atoms with Crippen LogP contribution in [0.2, 0.25) is 0 Å². The van der Waals surface area contributed by atoms with Crippen LogP contribution in [-0.4, -0.2) is 34.1 Å². The van der Waals surface area contributed by atoms with Crippen LogP contribution in [0.15, 0.2) is 42.5 Å². The van der Waals surface area contributed by atoms with E-state index in [1.807, 2.05) is 32.0 Å². The molecule has 2 aromatic carbocycles. The fraction of sp³-hybridized carbons (Fsp3) is 0.250. The van der Waals surface area contributed by atoms with Gasteiger partial charge in [-0.05, 0) is 43.2 Å². The average molecular weight is 422 g/mol. The summed E-state index contributed by atoms with van der Waals surface area (Å²) in [5.41, 5.74) is -0.690. The molecule has 0 spiro atoms. The third-order valence-corrected chi connectivity index (χ3v) is 4.25. The monoisotopic (exact) mass is 422 g/mol. The molecule has 1 aromatic heterocycles. The number of rotatable bonds is 6. The first-order valence-corrected chi connectivity index (χ1v) is 8.94. The van der Waals surface area contributed by atoms with Crippen LogP contribution in [0.3, 0.4) is 0 Å². The van der Waals surface area contributed by atoms with Crippen LogP contribution in [-0.2, 0) is 6.18 Å². The Morgan fingerprint density at radius 3 is 2.43 bits per heavy atom. The van der Waals surface area contributed by atoms with Gasteiger partial charge < -0.3 is 10.1 Å². The summed E-state index contributed by atoms with van der Waals surface area (Å²) in [5, 5.41) is 9.12. The molecule has 0 aliphatic heterocycles. The van der Waals surface area contributed by atoms with Crippen LogP contribution in [0.5, 0.6) is 5.75 Å². The Morgan fingerprint density at radius 1 is 1.13 bits per heavy atom. The van der Waals surface area contributed by atoms with Crippen LogP contribution in [0.4, 0.5) is 17.6 Å². The first kappa shape index (κ1) is 21.3. The van der Waals surface area contributed by atoms with E-state index < -0.39 is 29.3 Å². The summed E-state index contributed by atoms with van der Waals surface area (Å²) < 4.78 is 60.2. The third kappa shape index (κ3) is 4.58. The predicted molar refractivity (Wildman–Crippen MR) is 100 cm³/mol. The highest BCUT2D eigenvalue weighted by molar-refractivity contribution is 5.93. The summed E-state index contributed by atoms with van der Waals surface area (Å²) in [5.74, 6) is -1.15. The lowest BCUT2D eigenvalue weighted by molar-refractivity contribution is -0.143. The van der Waals surface area contributed by atoms with Gasteiger partial charge >= 0.3 is 6.18 Å². The number of amides is 1. The summed E-state index contributed by atoms with van der Waals surface area (Å²) >= 11 is 0. The molecule has 0 atom stereocenters. The summed E-state index contributed by atoms with van der Waals surface area (Å²) in [6, 6.07) is 10.0. The Kier molecular flexibility index (Phi) is 6.04. The zero-order valence-electron chi connectivity index (χ0n) is 16.1. The minimum absolute atomic E-state index is 0.0449. The summed E-state index contributed by atoms with van der Waals surface area (Å²) in [4.78, 5) is 12.3. The van der Waals surface area contributed by atoms with Gasteiger partial charge in [-0.2, -0.15) is 13.2 Å². The molecule has 0 saturated carbocycles. The van der Waals surface area contributed by atoms with Gasteiger partial charge in [-0.1, -0.05) is 29.5 Å². The van der Waals surface area contributed by atoms with Gasteiger partial charge in [0, 0.05) is 0 Å². The van der Waals surface area contributed by atoms with Gasteiger partial charge in [0.25, 0.3) is 5.91 Å². The summed E-state index contributed by atoms with van der Waals surface area (Å²) in [6.45, 7) is 3.73. The number of aromatic nitrogens is 3. The highest BCUT2D eigenvalue weighted by atomic mass is 19.4. The number of hydrogen-bond donors (Lipinski definition) is 1. The molecule has 6 nitrogen and oxygen atoms in total. The predicted octanol–water partition coefficient (Wildman–Crippen LogP) is 3.85. The van der Waals surface area contributed by atoms with Gasteiger partial charge in [-0.25, -0.2) is 9.07 Å². The van der Waals surface area contributed by atoms with E-state index in [0.717, 1.165) is 23.3 Å². The van der Waals surface area contributed by atoms with E-state index in [4.69, 9.17) is 4.74 Å². The molecule has 10 heteroatoms. The first-order valence-electron chi connectivity index (χ1n) is 8.94. The van der Waals surface area contributed by atoms with Crippen molar-refractivity contribution in [2.75, 3.05) is 13.2 Å². The molecule has 3 rings (SSSR count). The molecule has 1 heterocycles. The normalized spacial score (nSPS) is 11.4. The van der Waals surface area contributed by atoms with Crippen molar-refractivity contribution in [2.45, 2.75) is 20.0 Å². The lowest BCUT2D eigenvalue weighted by atomic mass is 10.1. The molecule has 30 heavy (non-hydrogen) atoms. The summed E-state index contributed by atoms with van der Waals surface area (Å²) in [7, 11) is 0. The van der Waals surface area contributed by atoms with Crippen molar-refractivity contribution in [2.24, 2.45) is 0 Å². The molecule has 1 amide bonds. The molecule has 158 valence electrons. The molecule has 0 bridgehead atoms. The van der Waals surface area contributed by atoms with Crippen LogP contribution in [0.1, 0.15) is 27.3 Å². The maximum absolute atomic E-state index is 13.6. The smallest absolute Gasteiger partial charge is 0.435 e. The van der Waals surface area contributed by atoms with E-state index >= 15 is 0 Å². The van der Waals surface area contributed by atoms with E-state index in [2.05, 4.69) is 15.6 Å². The van der Waals surface area contributed by atoms with Gasteiger partial charge in [-0.15, -0.1) is 5.10 Å². The minimum Gasteiger partial charge on any atom is -0.491 e. The number of nitrogens with zero attached hydrogens (tertiary/aromatic N) is 3. The lowest BCUT2D eigenvalue weighted by Crippen LogP contribution is -2.30. The minimum atomic E-state index is -4.93. The molecule has 0 fully saturated rings. The molecule has 0 radical (unpaired) electrons. The van der Waals surface area contributed by atoms with Crippen LogP contribution < -0.4 is 10.1 Å². The maximum Gasteiger partial charge on any atom is 0.435 e. The average Bonchev–Trinajstić information content (AvgIpc) is 3.13. The molecular formula is C20H18F4N4O2. The number of para-hydroxylation sites is 1.